The SMILES string of the molecule is O=C(Nc1nc(-c2ccccc2)ns1)N[C@H]1CCCCNC1=O. The van der Waals surface area contributed by atoms with Crippen LogP contribution >= 0.6 is 11.5 Å². The van der Waals surface area contributed by atoms with Gasteiger partial charge in [0.15, 0.2) is 5.82 Å². The van der Waals surface area contributed by atoms with Gasteiger partial charge in [-0.3, -0.25) is 10.1 Å². The molecule has 1 aromatic carbocycles. The minimum Gasteiger partial charge on any atom is -0.354 e. The van der Waals surface area contributed by atoms with Crippen LogP contribution in [0.3, 0.4) is 0 Å². The number of nitrogens with zero attached hydrogens (tertiary/aromatic N) is 2. The Balaban J connectivity index is 1.60. The molecule has 8 heteroatoms. The van der Waals surface area contributed by atoms with Gasteiger partial charge in [-0.25, -0.2) is 4.79 Å². The summed E-state index contributed by atoms with van der Waals surface area (Å²) in [5, 5.41) is 8.50. The van der Waals surface area contributed by atoms with Gasteiger partial charge in [-0.1, -0.05) is 30.3 Å². The number of hydrogen-bond acceptors (Lipinski definition) is 5. The molecule has 7 nitrogen and oxygen atoms in total. The highest BCUT2D eigenvalue weighted by Crippen LogP contribution is 2.20. The summed E-state index contributed by atoms with van der Waals surface area (Å²) in [5.74, 6) is 0.429. The van der Waals surface area contributed by atoms with Crippen LogP contribution in [0.2, 0.25) is 0 Å². The number of nitrogens with one attached hydrogen (secondary N) is 3. The van der Waals surface area contributed by atoms with Crippen molar-refractivity contribution >= 4 is 28.6 Å². The van der Waals surface area contributed by atoms with E-state index >= 15 is 0 Å². The summed E-state index contributed by atoms with van der Waals surface area (Å²) in [6.07, 6.45) is 2.48. The van der Waals surface area contributed by atoms with Crippen LogP contribution < -0.4 is 16.0 Å². The van der Waals surface area contributed by atoms with E-state index in [2.05, 4.69) is 25.3 Å². The Morgan fingerprint density at radius 2 is 2.09 bits per heavy atom. The first-order valence-electron chi connectivity index (χ1n) is 7.47. The van der Waals surface area contributed by atoms with Crippen molar-refractivity contribution in [1.82, 2.24) is 20.0 Å². The van der Waals surface area contributed by atoms with Crippen molar-refractivity contribution in [3.63, 3.8) is 0 Å². The van der Waals surface area contributed by atoms with Crippen LogP contribution in [0.25, 0.3) is 11.4 Å². The van der Waals surface area contributed by atoms with Gasteiger partial charge in [0.1, 0.15) is 6.04 Å². The predicted octanol–water partition coefficient (Wildman–Crippen LogP) is 2.00. The number of aromatic nitrogens is 2. The van der Waals surface area contributed by atoms with Crippen molar-refractivity contribution in [3.05, 3.63) is 30.3 Å². The third-order valence-electron chi connectivity index (χ3n) is 3.52. The van der Waals surface area contributed by atoms with E-state index in [1.165, 1.54) is 0 Å². The first-order valence-corrected chi connectivity index (χ1v) is 8.24. The molecule has 0 radical (unpaired) electrons. The second kappa shape index (κ2) is 7.19. The van der Waals surface area contributed by atoms with Crippen molar-refractivity contribution in [1.29, 1.82) is 0 Å². The van der Waals surface area contributed by atoms with E-state index in [0.29, 0.717) is 23.9 Å². The maximum atomic E-state index is 12.0. The molecule has 0 saturated carbocycles. The lowest BCUT2D eigenvalue weighted by Gasteiger charge is -2.14. The second-order valence-electron chi connectivity index (χ2n) is 5.23. The zero-order chi connectivity index (χ0) is 16.1. The molecule has 23 heavy (non-hydrogen) atoms. The molecule has 1 fully saturated rings. The maximum Gasteiger partial charge on any atom is 0.321 e. The molecule has 1 aliphatic rings. The zero-order valence-electron chi connectivity index (χ0n) is 12.4. The monoisotopic (exact) mass is 331 g/mol. The number of carbonyl (C=O) groups excluding carboxylic acids is 2. The minimum atomic E-state index is -0.501. The summed E-state index contributed by atoms with van der Waals surface area (Å²) in [7, 11) is 0. The number of rotatable bonds is 3. The number of urea groups is 1. The minimum absolute atomic E-state index is 0.139. The zero-order valence-corrected chi connectivity index (χ0v) is 13.2. The normalized spacial score (nSPS) is 17.9. The fraction of sp³-hybridized carbons (Fsp3) is 0.333. The van der Waals surface area contributed by atoms with E-state index in [1.807, 2.05) is 30.3 Å². The number of anilines is 1. The van der Waals surface area contributed by atoms with Gasteiger partial charge in [0.25, 0.3) is 0 Å². The molecule has 1 atom stereocenters. The molecule has 0 aliphatic carbocycles. The highest BCUT2D eigenvalue weighted by Gasteiger charge is 2.22. The van der Waals surface area contributed by atoms with Crippen LogP contribution in [-0.4, -0.2) is 33.9 Å². The number of benzene rings is 1. The molecular weight excluding hydrogens is 314 g/mol. The van der Waals surface area contributed by atoms with Gasteiger partial charge in [0.2, 0.25) is 11.0 Å². The Bertz CT molecular complexity index is 688. The maximum absolute atomic E-state index is 12.0. The second-order valence-corrected chi connectivity index (χ2v) is 5.98. The predicted molar refractivity (Wildman–Crippen MR) is 88.1 cm³/mol. The van der Waals surface area contributed by atoms with Crippen LogP contribution in [0, 0.1) is 0 Å². The lowest BCUT2D eigenvalue weighted by Crippen LogP contribution is -2.46. The van der Waals surface area contributed by atoms with Crippen LogP contribution in [0.1, 0.15) is 19.3 Å². The summed E-state index contributed by atoms with van der Waals surface area (Å²) >= 11 is 1.11. The van der Waals surface area contributed by atoms with E-state index in [9.17, 15) is 9.59 Å². The van der Waals surface area contributed by atoms with Crippen molar-refractivity contribution in [2.45, 2.75) is 25.3 Å². The van der Waals surface area contributed by atoms with Crippen molar-refractivity contribution < 1.29 is 9.59 Å². The Labute approximate surface area is 137 Å². The largest absolute Gasteiger partial charge is 0.354 e. The van der Waals surface area contributed by atoms with E-state index in [1.54, 1.807) is 0 Å². The average Bonchev–Trinajstić information content (AvgIpc) is 2.93. The number of hydrogen-bond donors (Lipinski definition) is 3. The van der Waals surface area contributed by atoms with Crippen molar-refractivity contribution in [2.24, 2.45) is 0 Å². The molecule has 3 amide bonds. The number of carbonyl (C=O) groups is 2. The van der Waals surface area contributed by atoms with Crippen LogP contribution in [0.4, 0.5) is 9.93 Å². The summed E-state index contributed by atoms with van der Waals surface area (Å²) in [5.41, 5.74) is 0.889. The van der Waals surface area contributed by atoms with Crippen molar-refractivity contribution in [3.8, 4) is 11.4 Å². The van der Waals surface area contributed by atoms with Crippen LogP contribution in [0.5, 0.6) is 0 Å². The summed E-state index contributed by atoms with van der Waals surface area (Å²) in [6.45, 7) is 0.662. The van der Waals surface area contributed by atoms with E-state index in [0.717, 1.165) is 29.9 Å². The molecule has 1 aromatic heterocycles. The molecule has 1 saturated heterocycles. The Morgan fingerprint density at radius 3 is 2.91 bits per heavy atom. The number of amides is 3. The molecule has 2 heterocycles. The van der Waals surface area contributed by atoms with Crippen molar-refractivity contribution in [2.75, 3.05) is 11.9 Å². The highest BCUT2D eigenvalue weighted by atomic mass is 32.1. The summed E-state index contributed by atoms with van der Waals surface area (Å²) < 4.78 is 4.23. The first-order chi connectivity index (χ1) is 11.2. The van der Waals surface area contributed by atoms with Gasteiger partial charge < -0.3 is 10.6 Å². The molecule has 1 aliphatic heterocycles. The first kappa shape index (κ1) is 15.4. The summed E-state index contributed by atoms with van der Waals surface area (Å²) in [6, 6.07) is 8.59. The lowest BCUT2D eigenvalue weighted by atomic mass is 10.1. The Hall–Kier alpha value is -2.48. The Kier molecular flexibility index (Phi) is 4.82. The van der Waals surface area contributed by atoms with Crippen LogP contribution in [-0.2, 0) is 4.79 Å². The van der Waals surface area contributed by atoms with E-state index in [-0.39, 0.29) is 5.91 Å². The molecule has 120 valence electrons. The standard InChI is InChI=1S/C15H17N5O2S/c21-13-11(8-4-5-9-16-13)17-14(22)19-15-18-12(20-23-15)10-6-2-1-3-7-10/h1-3,6-7,11H,4-5,8-9H2,(H,16,21)(H2,17,18,19,20,22)/t11-/m0/s1. The van der Waals surface area contributed by atoms with Gasteiger partial charge in [0, 0.05) is 23.6 Å². The fourth-order valence-electron chi connectivity index (χ4n) is 2.35. The van der Waals surface area contributed by atoms with Gasteiger partial charge in [-0.15, -0.1) is 0 Å². The lowest BCUT2D eigenvalue weighted by molar-refractivity contribution is -0.122. The fourth-order valence-corrected chi connectivity index (χ4v) is 2.93. The van der Waals surface area contributed by atoms with E-state index < -0.39 is 12.1 Å². The van der Waals surface area contributed by atoms with E-state index in [4.69, 9.17) is 0 Å². The quantitative estimate of drug-likeness (QED) is 0.801. The van der Waals surface area contributed by atoms with Crippen LogP contribution in [0.15, 0.2) is 30.3 Å². The topological polar surface area (TPSA) is 96.0 Å². The third kappa shape index (κ3) is 4.04. The molecule has 0 spiro atoms. The van der Waals surface area contributed by atoms with Gasteiger partial charge >= 0.3 is 6.03 Å². The van der Waals surface area contributed by atoms with Gasteiger partial charge in [-0.05, 0) is 19.3 Å². The molecule has 0 bridgehead atoms. The molecule has 3 rings (SSSR count). The Morgan fingerprint density at radius 1 is 1.26 bits per heavy atom. The molecular formula is C15H17N5O2S. The van der Waals surface area contributed by atoms with Gasteiger partial charge in [-0.2, -0.15) is 9.36 Å². The van der Waals surface area contributed by atoms with Gasteiger partial charge in [0.05, 0.1) is 0 Å². The smallest absolute Gasteiger partial charge is 0.321 e. The summed E-state index contributed by atoms with van der Waals surface area (Å²) in [4.78, 5) is 28.1. The molecule has 2 aromatic rings. The average molecular weight is 331 g/mol. The third-order valence-corrected chi connectivity index (χ3v) is 4.15. The molecule has 3 N–H and O–H groups in total. The highest BCUT2D eigenvalue weighted by molar-refractivity contribution is 7.10. The molecule has 0 unspecified atom stereocenters.